The van der Waals surface area contributed by atoms with Gasteiger partial charge in [-0.1, -0.05) is 18.2 Å². The Balaban J connectivity index is 2.13. The summed E-state index contributed by atoms with van der Waals surface area (Å²) in [7, 11) is 0. The molecule has 0 bridgehead atoms. The maximum Gasteiger partial charge on any atom is 0.413 e. The van der Waals surface area contributed by atoms with Crippen LogP contribution in [0.2, 0.25) is 0 Å². The molecule has 0 saturated carbocycles. The molecule has 1 aliphatic heterocycles. The van der Waals surface area contributed by atoms with E-state index in [0.717, 1.165) is 4.90 Å². The van der Waals surface area contributed by atoms with Gasteiger partial charge in [0.05, 0.1) is 23.8 Å². The Labute approximate surface area is 178 Å². The second kappa shape index (κ2) is 7.80. The van der Waals surface area contributed by atoms with E-state index in [-0.39, 0.29) is 23.7 Å². The zero-order chi connectivity index (χ0) is 22.0. The lowest BCUT2D eigenvalue weighted by molar-refractivity contribution is -0.119. The summed E-state index contributed by atoms with van der Waals surface area (Å²) in [5.74, 6) is -0.449. The molecule has 1 aromatic heterocycles. The predicted octanol–water partition coefficient (Wildman–Crippen LogP) is 3.73. The van der Waals surface area contributed by atoms with Crippen molar-refractivity contribution >= 4 is 23.4 Å². The molecule has 2 amide bonds. The van der Waals surface area contributed by atoms with Crippen molar-refractivity contribution in [2.24, 2.45) is 0 Å². The molecule has 0 radical (unpaired) electrons. The van der Waals surface area contributed by atoms with Crippen LogP contribution in [0.5, 0.6) is 5.88 Å². The predicted molar refractivity (Wildman–Crippen MR) is 113 cm³/mol. The molecule has 2 aromatic carbocycles. The molecule has 2 N–H and O–H groups in total. The van der Waals surface area contributed by atoms with Crippen molar-refractivity contribution in [2.45, 2.75) is 12.5 Å². The van der Waals surface area contributed by atoms with Crippen LogP contribution in [-0.4, -0.2) is 28.7 Å². The summed E-state index contributed by atoms with van der Waals surface area (Å²) in [6.45, 7) is 2.04. The summed E-state index contributed by atoms with van der Waals surface area (Å²) >= 11 is 0. The summed E-state index contributed by atoms with van der Waals surface area (Å²) < 4.78 is 5.68. The van der Waals surface area contributed by atoms with Crippen LogP contribution in [-0.2, 0) is 10.3 Å². The molecular weight excluding hydrogens is 396 g/mol. The molecule has 3 aromatic rings. The number of carbonyl (C=O) groups is 2. The van der Waals surface area contributed by atoms with E-state index in [4.69, 9.17) is 4.74 Å². The number of benzene rings is 2. The van der Waals surface area contributed by atoms with Crippen LogP contribution in [0.15, 0.2) is 66.9 Å². The number of rotatable bonds is 5. The molecule has 8 nitrogen and oxygen atoms in total. The number of aromatic nitrogens is 1. The number of anilines is 2. The molecular formula is C23H18N4O4. The van der Waals surface area contributed by atoms with Gasteiger partial charge in [-0.3, -0.25) is 9.69 Å². The van der Waals surface area contributed by atoms with Gasteiger partial charge in [-0.25, -0.2) is 9.78 Å². The zero-order valence-corrected chi connectivity index (χ0v) is 16.6. The number of para-hydroxylation sites is 1. The fraction of sp³-hybridized carbons (Fsp3) is 0.130. The Bertz CT molecular complexity index is 1210. The van der Waals surface area contributed by atoms with Gasteiger partial charge in [-0.05, 0) is 49.4 Å². The highest BCUT2D eigenvalue weighted by atomic mass is 16.5. The molecule has 1 atom stereocenters. The third-order valence-corrected chi connectivity index (χ3v) is 5.10. The van der Waals surface area contributed by atoms with E-state index in [2.05, 4.69) is 16.4 Å². The standard InChI is InChI=1S/C23H18N4O4/c1-2-31-20-17(9-6-12-25-20)23(27(22(29)30)16-7-4-3-5-8-16)18-13-15(14-24)10-11-19(18)26-21(23)28/h3-13H,2H2,1H3,(H,26,28)(H,29,30)/t23-/m1/s1. The number of nitrogens with zero attached hydrogens (tertiary/aromatic N) is 3. The van der Waals surface area contributed by atoms with Gasteiger partial charge in [0.1, 0.15) is 0 Å². The molecule has 31 heavy (non-hydrogen) atoms. The SMILES string of the molecule is CCOc1ncccc1[C@]1(N(C(=O)O)c2ccccc2)C(=O)Nc2ccc(C#N)cc21. The lowest BCUT2D eigenvalue weighted by Gasteiger charge is -2.38. The molecule has 8 heteroatoms. The highest BCUT2D eigenvalue weighted by Gasteiger charge is 2.57. The fourth-order valence-corrected chi connectivity index (χ4v) is 3.91. The first-order valence-corrected chi connectivity index (χ1v) is 9.56. The minimum absolute atomic E-state index is 0.137. The Kier molecular flexibility index (Phi) is 5.01. The topological polar surface area (TPSA) is 116 Å². The van der Waals surface area contributed by atoms with E-state index in [1.807, 2.05) is 0 Å². The molecule has 4 rings (SSSR count). The summed E-state index contributed by atoms with van der Waals surface area (Å²) in [5.41, 5.74) is -0.274. The van der Waals surface area contributed by atoms with Gasteiger partial charge in [0.2, 0.25) is 5.88 Å². The fourth-order valence-electron chi connectivity index (χ4n) is 3.91. The summed E-state index contributed by atoms with van der Waals surface area (Å²) in [4.78, 5) is 31.6. The van der Waals surface area contributed by atoms with Crippen molar-refractivity contribution in [3.8, 4) is 11.9 Å². The molecule has 0 spiro atoms. The van der Waals surface area contributed by atoms with Crippen molar-refractivity contribution in [2.75, 3.05) is 16.8 Å². The van der Waals surface area contributed by atoms with Crippen LogP contribution in [0.25, 0.3) is 0 Å². The highest BCUT2D eigenvalue weighted by molar-refractivity contribution is 6.14. The van der Waals surface area contributed by atoms with Gasteiger partial charge in [0.25, 0.3) is 5.91 Å². The number of hydrogen-bond donors (Lipinski definition) is 2. The minimum atomic E-state index is -1.85. The number of fused-ring (bicyclic) bond motifs is 1. The van der Waals surface area contributed by atoms with Gasteiger partial charge >= 0.3 is 6.09 Å². The number of nitrogens with one attached hydrogen (secondary N) is 1. The first-order valence-electron chi connectivity index (χ1n) is 9.56. The lowest BCUT2D eigenvalue weighted by atomic mass is 9.81. The monoisotopic (exact) mass is 414 g/mol. The van der Waals surface area contributed by atoms with E-state index < -0.39 is 17.5 Å². The number of pyridine rings is 1. The first kappa shape index (κ1) is 19.9. The number of carbonyl (C=O) groups excluding carboxylic acids is 1. The number of nitriles is 1. The van der Waals surface area contributed by atoms with Crippen LogP contribution in [0.4, 0.5) is 16.2 Å². The van der Waals surface area contributed by atoms with Crippen molar-refractivity contribution < 1.29 is 19.4 Å². The third kappa shape index (κ3) is 3.04. The number of amides is 2. The van der Waals surface area contributed by atoms with E-state index in [1.54, 1.807) is 61.5 Å². The second-order valence-corrected chi connectivity index (χ2v) is 6.78. The maximum absolute atomic E-state index is 13.6. The normalized spacial score (nSPS) is 16.7. The number of carboxylic acid groups (broad SMARTS) is 1. The summed E-state index contributed by atoms with van der Waals surface area (Å²) in [6.07, 6.45) is 0.165. The van der Waals surface area contributed by atoms with Gasteiger partial charge < -0.3 is 15.2 Å². The van der Waals surface area contributed by atoms with Gasteiger partial charge in [-0.15, -0.1) is 0 Å². The Morgan fingerprint density at radius 3 is 2.65 bits per heavy atom. The van der Waals surface area contributed by atoms with Crippen molar-refractivity contribution in [1.29, 1.82) is 5.26 Å². The van der Waals surface area contributed by atoms with Crippen molar-refractivity contribution in [1.82, 2.24) is 4.98 Å². The summed E-state index contributed by atoms with van der Waals surface area (Å²) in [5, 5.41) is 22.6. The summed E-state index contributed by atoms with van der Waals surface area (Å²) in [6, 6.07) is 18.3. The molecule has 1 aliphatic rings. The lowest BCUT2D eigenvalue weighted by Crippen LogP contribution is -2.55. The zero-order valence-electron chi connectivity index (χ0n) is 16.6. The molecule has 154 valence electrons. The molecule has 0 fully saturated rings. The Hall–Kier alpha value is -4.38. The maximum atomic E-state index is 13.6. The van der Waals surface area contributed by atoms with Crippen LogP contribution < -0.4 is 15.0 Å². The molecule has 0 aliphatic carbocycles. The van der Waals surface area contributed by atoms with E-state index >= 15 is 0 Å². The van der Waals surface area contributed by atoms with Crippen LogP contribution >= 0.6 is 0 Å². The van der Waals surface area contributed by atoms with E-state index in [1.165, 1.54) is 12.3 Å². The first-order chi connectivity index (χ1) is 15.0. The molecule has 0 saturated heterocycles. The molecule has 2 heterocycles. The van der Waals surface area contributed by atoms with Crippen molar-refractivity contribution in [3.63, 3.8) is 0 Å². The van der Waals surface area contributed by atoms with Gasteiger partial charge in [-0.2, -0.15) is 5.26 Å². The van der Waals surface area contributed by atoms with Gasteiger partial charge in [0.15, 0.2) is 5.54 Å². The Morgan fingerprint density at radius 1 is 1.19 bits per heavy atom. The Morgan fingerprint density at radius 2 is 1.97 bits per heavy atom. The minimum Gasteiger partial charge on any atom is -0.478 e. The van der Waals surface area contributed by atoms with Crippen LogP contribution in [0.3, 0.4) is 0 Å². The average Bonchev–Trinajstić information content (AvgIpc) is 3.06. The van der Waals surface area contributed by atoms with Gasteiger partial charge in [0, 0.05) is 23.1 Å². The smallest absolute Gasteiger partial charge is 0.413 e. The van der Waals surface area contributed by atoms with Crippen LogP contribution in [0.1, 0.15) is 23.6 Å². The number of ether oxygens (including phenoxy) is 1. The largest absolute Gasteiger partial charge is 0.478 e. The second-order valence-electron chi connectivity index (χ2n) is 6.78. The van der Waals surface area contributed by atoms with E-state index in [0.29, 0.717) is 16.8 Å². The van der Waals surface area contributed by atoms with E-state index in [9.17, 15) is 20.0 Å². The molecule has 0 unspecified atom stereocenters. The quantitative estimate of drug-likeness (QED) is 0.657. The van der Waals surface area contributed by atoms with Crippen molar-refractivity contribution in [3.05, 3.63) is 83.6 Å². The number of hydrogen-bond acceptors (Lipinski definition) is 5. The van der Waals surface area contributed by atoms with Crippen LogP contribution in [0, 0.1) is 11.3 Å². The average molecular weight is 414 g/mol. The third-order valence-electron chi connectivity index (χ3n) is 5.10. The highest BCUT2D eigenvalue weighted by Crippen LogP contribution is 2.49.